The van der Waals surface area contributed by atoms with E-state index in [1.807, 2.05) is 6.08 Å². The van der Waals surface area contributed by atoms with E-state index in [-0.39, 0.29) is 18.7 Å². The summed E-state index contributed by atoms with van der Waals surface area (Å²) in [6, 6.07) is -2.49. The molecular weight excluding hydrogens is 360 g/mol. The van der Waals surface area contributed by atoms with Crippen LogP contribution in [0.4, 0.5) is 0 Å². The zero-order valence-corrected chi connectivity index (χ0v) is 16.3. The van der Waals surface area contributed by atoms with Gasteiger partial charge in [-0.05, 0) is 38.2 Å². The lowest BCUT2D eigenvalue weighted by Crippen LogP contribution is -2.54. The Balaban J connectivity index is 3.41. The van der Waals surface area contributed by atoms with Crippen molar-refractivity contribution in [1.82, 2.24) is 9.21 Å². The van der Waals surface area contributed by atoms with Crippen molar-refractivity contribution in [2.24, 2.45) is 5.92 Å². The lowest BCUT2D eigenvalue weighted by molar-refractivity contribution is -0.150. The number of hydrogen-bond acceptors (Lipinski definition) is 5. The maximum atomic E-state index is 13.2. The van der Waals surface area contributed by atoms with E-state index in [1.54, 1.807) is 26.0 Å². The molecule has 1 aliphatic carbocycles. The minimum atomic E-state index is -3.98. The normalized spacial score (nSPS) is 16.6. The number of amides is 2. The molecule has 0 unspecified atom stereocenters. The molecule has 146 valence electrons. The highest BCUT2D eigenvalue weighted by Gasteiger charge is 2.39. The maximum absolute atomic E-state index is 13.2. The summed E-state index contributed by atoms with van der Waals surface area (Å²) >= 11 is 0. The van der Waals surface area contributed by atoms with Crippen LogP contribution in [0.1, 0.15) is 40.0 Å². The smallest absolute Gasteiger partial charge is 0.326 e. The van der Waals surface area contributed by atoms with Crippen LogP contribution >= 0.6 is 0 Å². The number of carbonyl (C=O) groups is 3. The summed E-state index contributed by atoms with van der Waals surface area (Å²) in [4.78, 5) is 37.2. The largest absolute Gasteiger partial charge is 0.480 e. The van der Waals surface area contributed by atoms with E-state index in [9.17, 15) is 27.9 Å². The predicted molar refractivity (Wildman–Crippen MR) is 96.4 cm³/mol. The van der Waals surface area contributed by atoms with E-state index in [2.05, 4.69) is 0 Å². The SMILES string of the molecule is CC(C)C[C@@H](C(=O)N(C1=CC=CCC1)[C@@H](C)C(=O)O)N(C=O)S(C)(=O)=O. The molecule has 0 bridgehead atoms. The molecule has 0 fully saturated rings. The average molecular weight is 386 g/mol. The molecule has 0 aliphatic heterocycles. The Labute approximate surface area is 154 Å². The molecule has 0 saturated heterocycles. The van der Waals surface area contributed by atoms with E-state index in [1.165, 1.54) is 6.92 Å². The van der Waals surface area contributed by atoms with E-state index in [0.29, 0.717) is 22.8 Å². The summed E-state index contributed by atoms with van der Waals surface area (Å²) in [7, 11) is -3.98. The average Bonchev–Trinajstić information content (AvgIpc) is 2.53. The number of hydrogen-bond donors (Lipinski definition) is 1. The van der Waals surface area contributed by atoms with Gasteiger partial charge in [-0.15, -0.1) is 0 Å². The van der Waals surface area contributed by atoms with Crippen LogP contribution in [0.5, 0.6) is 0 Å². The van der Waals surface area contributed by atoms with Gasteiger partial charge in [0.05, 0.1) is 6.26 Å². The Morgan fingerprint density at radius 2 is 1.92 bits per heavy atom. The highest BCUT2D eigenvalue weighted by atomic mass is 32.2. The molecule has 0 spiro atoms. The van der Waals surface area contributed by atoms with Crippen molar-refractivity contribution in [2.75, 3.05) is 6.26 Å². The van der Waals surface area contributed by atoms with Crippen molar-refractivity contribution in [3.63, 3.8) is 0 Å². The van der Waals surface area contributed by atoms with Gasteiger partial charge >= 0.3 is 5.97 Å². The van der Waals surface area contributed by atoms with Gasteiger partial charge in [0.25, 0.3) is 5.91 Å². The summed E-state index contributed by atoms with van der Waals surface area (Å²) < 4.78 is 24.4. The Kier molecular flexibility index (Phi) is 7.55. The third-order valence-electron chi connectivity index (χ3n) is 4.06. The van der Waals surface area contributed by atoms with Crippen LogP contribution in [0.2, 0.25) is 0 Å². The molecule has 1 rings (SSSR count). The van der Waals surface area contributed by atoms with Gasteiger partial charge in [-0.3, -0.25) is 9.59 Å². The van der Waals surface area contributed by atoms with Gasteiger partial charge in [-0.2, -0.15) is 0 Å². The van der Waals surface area contributed by atoms with Crippen LogP contribution in [0.15, 0.2) is 23.9 Å². The Hall–Kier alpha value is -2.16. The topological polar surface area (TPSA) is 112 Å². The fraction of sp³-hybridized carbons (Fsp3) is 0.588. The monoisotopic (exact) mass is 386 g/mol. The summed E-state index contributed by atoms with van der Waals surface area (Å²) in [6.45, 7) is 4.94. The van der Waals surface area contributed by atoms with Crippen molar-refractivity contribution >= 4 is 28.3 Å². The number of nitrogens with zero attached hydrogens (tertiary/aromatic N) is 2. The number of carboxylic acid groups (broad SMARTS) is 1. The standard InChI is InChI=1S/C17H26N2O6S/c1-12(2)10-15(18(11-20)26(4,24)25)16(21)19(13(3)17(22)23)14-8-6-5-7-9-14/h5-6,8,11-13,15H,7,9-10H2,1-4H3,(H,22,23)/t13-,15-/m0/s1. The summed E-state index contributed by atoms with van der Waals surface area (Å²) in [5, 5.41) is 9.41. The van der Waals surface area contributed by atoms with Gasteiger partial charge in [0.15, 0.2) is 0 Å². The van der Waals surface area contributed by atoms with Crippen LogP contribution in [0, 0.1) is 5.92 Å². The first-order valence-electron chi connectivity index (χ1n) is 8.36. The predicted octanol–water partition coefficient (Wildman–Crippen LogP) is 1.35. The minimum absolute atomic E-state index is 0.0876. The molecule has 1 N–H and O–H groups in total. The first kappa shape index (κ1) is 21.9. The fourth-order valence-corrected chi connectivity index (χ4v) is 3.58. The molecule has 1 aliphatic rings. The van der Waals surface area contributed by atoms with E-state index >= 15 is 0 Å². The molecule has 2 atom stereocenters. The zero-order chi connectivity index (χ0) is 20.1. The number of carboxylic acids is 1. The van der Waals surface area contributed by atoms with Gasteiger partial charge in [0, 0.05) is 5.70 Å². The number of allylic oxidation sites excluding steroid dienone is 4. The fourth-order valence-electron chi connectivity index (χ4n) is 2.79. The van der Waals surface area contributed by atoms with Gasteiger partial charge in [-0.1, -0.05) is 26.0 Å². The second-order valence-electron chi connectivity index (χ2n) is 6.69. The molecular formula is C17H26N2O6S. The first-order chi connectivity index (χ1) is 12.0. The second-order valence-corrected chi connectivity index (χ2v) is 8.58. The highest BCUT2D eigenvalue weighted by Crippen LogP contribution is 2.24. The van der Waals surface area contributed by atoms with Crippen LogP contribution in [-0.2, 0) is 24.4 Å². The van der Waals surface area contributed by atoms with E-state index in [0.717, 1.165) is 11.2 Å². The lowest BCUT2D eigenvalue weighted by atomic mass is 10.0. The number of sulfonamides is 1. The van der Waals surface area contributed by atoms with Gasteiger partial charge in [0.2, 0.25) is 16.4 Å². The second kappa shape index (κ2) is 8.98. The van der Waals surface area contributed by atoms with E-state index < -0.39 is 34.0 Å². The number of rotatable bonds is 9. The van der Waals surface area contributed by atoms with Crippen molar-refractivity contribution < 1.29 is 27.9 Å². The number of aliphatic carboxylic acids is 1. The van der Waals surface area contributed by atoms with Gasteiger partial charge < -0.3 is 10.0 Å². The minimum Gasteiger partial charge on any atom is -0.480 e. The van der Waals surface area contributed by atoms with Gasteiger partial charge in [0.1, 0.15) is 12.1 Å². The molecule has 9 heteroatoms. The zero-order valence-electron chi connectivity index (χ0n) is 15.5. The van der Waals surface area contributed by atoms with Crippen molar-refractivity contribution in [1.29, 1.82) is 0 Å². The van der Waals surface area contributed by atoms with E-state index in [4.69, 9.17) is 0 Å². The Morgan fingerprint density at radius 3 is 2.31 bits per heavy atom. The maximum Gasteiger partial charge on any atom is 0.326 e. The van der Waals surface area contributed by atoms with Crippen LogP contribution in [0.25, 0.3) is 0 Å². The lowest BCUT2D eigenvalue weighted by Gasteiger charge is -2.36. The van der Waals surface area contributed by atoms with Crippen LogP contribution in [-0.4, -0.2) is 59.4 Å². The van der Waals surface area contributed by atoms with Crippen molar-refractivity contribution in [3.8, 4) is 0 Å². The van der Waals surface area contributed by atoms with Crippen molar-refractivity contribution in [2.45, 2.75) is 52.1 Å². The Morgan fingerprint density at radius 1 is 1.31 bits per heavy atom. The quantitative estimate of drug-likeness (QED) is 0.599. The summed E-state index contributed by atoms with van der Waals surface area (Å²) in [6.07, 6.45) is 7.38. The molecule has 0 heterocycles. The third kappa shape index (κ3) is 5.42. The summed E-state index contributed by atoms with van der Waals surface area (Å²) in [5.74, 6) is -2.02. The summed E-state index contributed by atoms with van der Waals surface area (Å²) in [5.41, 5.74) is 0.487. The molecule has 0 aromatic heterocycles. The third-order valence-corrected chi connectivity index (χ3v) is 5.16. The first-order valence-corrected chi connectivity index (χ1v) is 10.2. The molecule has 0 radical (unpaired) electrons. The molecule has 0 aromatic rings. The van der Waals surface area contributed by atoms with Crippen LogP contribution in [0.3, 0.4) is 0 Å². The molecule has 2 amide bonds. The highest BCUT2D eigenvalue weighted by molar-refractivity contribution is 7.88. The molecule has 26 heavy (non-hydrogen) atoms. The number of carbonyl (C=O) groups excluding carboxylic acids is 2. The molecule has 0 aromatic carbocycles. The molecule has 0 saturated carbocycles. The van der Waals surface area contributed by atoms with Crippen molar-refractivity contribution in [3.05, 3.63) is 23.9 Å². The molecule has 8 nitrogen and oxygen atoms in total. The Bertz CT molecular complexity index is 711. The van der Waals surface area contributed by atoms with Gasteiger partial charge in [-0.25, -0.2) is 17.5 Å². The van der Waals surface area contributed by atoms with Crippen LogP contribution < -0.4 is 0 Å².